The molecule has 0 spiro atoms. The van der Waals surface area contributed by atoms with Gasteiger partial charge in [-0.15, -0.1) is 11.3 Å². The molecular formula is C13H12N2OS. The van der Waals surface area contributed by atoms with E-state index in [2.05, 4.69) is 5.32 Å². The van der Waals surface area contributed by atoms with Crippen LogP contribution in [0, 0.1) is 0 Å². The van der Waals surface area contributed by atoms with Gasteiger partial charge in [0.1, 0.15) is 0 Å². The highest BCUT2D eigenvalue weighted by Gasteiger charge is 1.97. The van der Waals surface area contributed by atoms with E-state index in [4.69, 9.17) is 5.73 Å². The van der Waals surface area contributed by atoms with Gasteiger partial charge in [-0.1, -0.05) is 6.07 Å². The molecule has 2 rings (SSSR count). The molecule has 2 aromatic rings. The van der Waals surface area contributed by atoms with Crippen LogP contribution in [0.25, 0.3) is 6.08 Å². The number of amides is 1. The van der Waals surface area contributed by atoms with Gasteiger partial charge in [-0.05, 0) is 41.8 Å². The van der Waals surface area contributed by atoms with Gasteiger partial charge in [-0.3, -0.25) is 4.79 Å². The van der Waals surface area contributed by atoms with Crippen LogP contribution in [0.15, 0.2) is 47.9 Å². The van der Waals surface area contributed by atoms with E-state index in [0.29, 0.717) is 5.69 Å². The average molecular weight is 244 g/mol. The second-order valence-electron chi connectivity index (χ2n) is 3.46. The Bertz CT molecular complexity index is 515. The average Bonchev–Trinajstić information content (AvgIpc) is 2.83. The summed E-state index contributed by atoms with van der Waals surface area (Å²) in [6, 6.07) is 10.9. The van der Waals surface area contributed by atoms with Crippen LogP contribution in [-0.2, 0) is 4.79 Å². The van der Waals surface area contributed by atoms with E-state index >= 15 is 0 Å². The van der Waals surface area contributed by atoms with Gasteiger partial charge in [-0.2, -0.15) is 0 Å². The van der Waals surface area contributed by atoms with Crippen LogP contribution in [-0.4, -0.2) is 5.91 Å². The molecule has 4 heteroatoms. The number of anilines is 2. The summed E-state index contributed by atoms with van der Waals surface area (Å²) < 4.78 is 0. The van der Waals surface area contributed by atoms with Crippen molar-refractivity contribution >= 4 is 34.7 Å². The summed E-state index contributed by atoms with van der Waals surface area (Å²) in [5, 5.41) is 4.72. The first-order valence-electron chi connectivity index (χ1n) is 5.12. The molecule has 1 heterocycles. The minimum Gasteiger partial charge on any atom is -0.399 e. The number of hydrogen-bond acceptors (Lipinski definition) is 3. The van der Waals surface area contributed by atoms with Crippen LogP contribution in [0.1, 0.15) is 4.88 Å². The third kappa shape index (κ3) is 3.46. The molecule has 3 N–H and O–H groups in total. The fourth-order valence-corrected chi connectivity index (χ4v) is 1.91. The molecule has 1 aromatic heterocycles. The van der Waals surface area contributed by atoms with E-state index in [1.807, 2.05) is 17.5 Å². The number of carbonyl (C=O) groups excluding carboxylic acids is 1. The van der Waals surface area contributed by atoms with Crippen molar-refractivity contribution in [2.45, 2.75) is 0 Å². The van der Waals surface area contributed by atoms with Crippen LogP contribution in [0.4, 0.5) is 11.4 Å². The molecule has 0 aliphatic rings. The van der Waals surface area contributed by atoms with Crippen LogP contribution in [0.2, 0.25) is 0 Å². The van der Waals surface area contributed by atoms with Gasteiger partial charge in [0.25, 0.3) is 0 Å². The molecule has 0 fully saturated rings. The number of thiophene rings is 1. The van der Waals surface area contributed by atoms with Crippen molar-refractivity contribution in [2.75, 3.05) is 11.1 Å². The topological polar surface area (TPSA) is 55.1 Å². The molecule has 17 heavy (non-hydrogen) atoms. The van der Waals surface area contributed by atoms with E-state index in [9.17, 15) is 4.79 Å². The molecular weight excluding hydrogens is 232 g/mol. The lowest BCUT2D eigenvalue weighted by atomic mass is 10.3. The highest BCUT2D eigenvalue weighted by molar-refractivity contribution is 7.10. The molecule has 0 aliphatic carbocycles. The third-order valence-electron chi connectivity index (χ3n) is 2.12. The number of rotatable bonds is 3. The van der Waals surface area contributed by atoms with Crippen molar-refractivity contribution in [1.29, 1.82) is 0 Å². The molecule has 1 aromatic carbocycles. The molecule has 0 radical (unpaired) electrons. The van der Waals surface area contributed by atoms with Gasteiger partial charge in [0.05, 0.1) is 0 Å². The molecule has 0 atom stereocenters. The van der Waals surface area contributed by atoms with Gasteiger partial charge >= 0.3 is 0 Å². The Morgan fingerprint density at radius 2 is 2.00 bits per heavy atom. The first-order chi connectivity index (χ1) is 8.24. The van der Waals surface area contributed by atoms with Gasteiger partial charge in [0, 0.05) is 22.3 Å². The van der Waals surface area contributed by atoms with Crippen molar-refractivity contribution in [3.63, 3.8) is 0 Å². The second-order valence-corrected chi connectivity index (χ2v) is 4.44. The van der Waals surface area contributed by atoms with Gasteiger partial charge in [-0.25, -0.2) is 0 Å². The fraction of sp³-hybridized carbons (Fsp3) is 0. The second kappa shape index (κ2) is 5.32. The van der Waals surface area contributed by atoms with Gasteiger partial charge < -0.3 is 11.1 Å². The van der Waals surface area contributed by atoms with Crippen molar-refractivity contribution in [3.8, 4) is 0 Å². The maximum atomic E-state index is 11.6. The Labute approximate surface area is 104 Å². The van der Waals surface area contributed by atoms with Crippen molar-refractivity contribution in [1.82, 2.24) is 0 Å². The highest BCUT2D eigenvalue weighted by atomic mass is 32.1. The van der Waals surface area contributed by atoms with Crippen LogP contribution >= 0.6 is 11.3 Å². The zero-order chi connectivity index (χ0) is 12.1. The van der Waals surface area contributed by atoms with E-state index in [1.165, 1.54) is 6.08 Å². The summed E-state index contributed by atoms with van der Waals surface area (Å²) in [4.78, 5) is 12.6. The Morgan fingerprint density at radius 1 is 1.24 bits per heavy atom. The van der Waals surface area contributed by atoms with E-state index < -0.39 is 0 Å². The summed E-state index contributed by atoms with van der Waals surface area (Å²) in [7, 11) is 0. The Morgan fingerprint density at radius 3 is 2.65 bits per heavy atom. The predicted molar refractivity (Wildman–Crippen MR) is 72.8 cm³/mol. The Balaban J connectivity index is 1.95. The molecule has 0 saturated heterocycles. The van der Waals surface area contributed by atoms with Crippen LogP contribution in [0.3, 0.4) is 0 Å². The first-order valence-corrected chi connectivity index (χ1v) is 6.00. The normalized spacial score (nSPS) is 10.6. The molecule has 0 unspecified atom stereocenters. The van der Waals surface area contributed by atoms with Crippen molar-refractivity contribution < 1.29 is 4.79 Å². The monoisotopic (exact) mass is 244 g/mol. The molecule has 0 bridgehead atoms. The molecule has 3 nitrogen and oxygen atoms in total. The fourth-order valence-electron chi connectivity index (χ4n) is 1.29. The lowest BCUT2D eigenvalue weighted by Gasteiger charge is -2.01. The lowest BCUT2D eigenvalue weighted by molar-refractivity contribution is -0.111. The molecule has 0 aliphatic heterocycles. The van der Waals surface area contributed by atoms with E-state index in [-0.39, 0.29) is 5.91 Å². The SMILES string of the molecule is Nc1ccc(NC(=O)C=Cc2cccs2)cc1. The zero-order valence-corrected chi connectivity index (χ0v) is 9.91. The summed E-state index contributed by atoms with van der Waals surface area (Å²) >= 11 is 1.59. The smallest absolute Gasteiger partial charge is 0.248 e. The van der Waals surface area contributed by atoms with E-state index in [1.54, 1.807) is 41.7 Å². The molecule has 1 amide bonds. The van der Waals surface area contributed by atoms with E-state index in [0.717, 1.165) is 10.6 Å². The summed E-state index contributed by atoms with van der Waals surface area (Å²) in [5.74, 6) is -0.150. The standard InChI is InChI=1S/C13H12N2OS/c14-10-3-5-11(6-4-10)15-13(16)8-7-12-2-1-9-17-12/h1-9H,14H2,(H,15,16). The minimum atomic E-state index is -0.150. The third-order valence-corrected chi connectivity index (χ3v) is 2.96. The maximum absolute atomic E-state index is 11.6. The first kappa shape index (κ1) is 11.4. The zero-order valence-electron chi connectivity index (χ0n) is 9.09. The molecule has 0 saturated carbocycles. The number of hydrogen-bond donors (Lipinski definition) is 2. The lowest BCUT2D eigenvalue weighted by Crippen LogP contribution is -2.07. The van der Waals surface area contributed by atoms with Gasteiger partial charge in [0.15, 0.2) is 0 Å². The van der Waals surface area contributed by atoms with Crippen LogP contribution < -0.4 is 11.1 Å². The van der Waals surface area contributed by atoms with Crippen molar-refractivity contribution in [2.24, 2.45) is 0 Å². The van der Waals surface area contributed by atoms with Gasteiger partial charge in [0.2, 0.25) is 5.91 Å². The quantitative estimate of drug-likeness (QED) is 0.644. The Hall–Kier alpha value is -2.07. The number of nitrogens with one attached hydrogen (secondary N) is 1. The predicted octanol–water partition coefficient (Wildman–Crippen LogP) is 2.98. The number of carbonyl (C=O) groups is 1. The number of benzene rings is 1. The molecule has 86 valence electrons. The maximum Gasteiger partial charge on any atom is 0.248 e. The summed E-state index contributed by atoms with van der Waals surface area (Å²) in [5.41, 5.74) is 6.97. The number of nitrogen functional groups attached to an aromatic ring is 1. The highest BCUT2D eigenvalue weighted by Crippen LogP contribution is 2.12. The minimum absolute atomic E-state index is 0.150. The summed E-state index contributed by atoms with van der Waals surface area (Å²) in [6.07, 6.45) is 3.31. The largest absolute Gasteiger partial charge is 0.399 e. The van der Waals surface area contributed by atoms with Crippen molar-refractivity contribution in [3.05, 3.63) is 52.7 Å². The number of nitrogens with two attached hydrogens (primary N) is 1. The summed E-state index contributed by atoms with van der Waals surface area (Å²) in [6.45, 7) is 0. The Kier molecular flexibility index (Phi) is 3.57. The van der Waals surface area contributed by atoms with Crippen LogP contribution in [0.5, 0.6) is 0 Å².